The Morgan fingerprint density at radius 3 is 2.42 bits per heavy atom. The molecule has 0 amide bonds. The van der Waals surface area contributed by atoms with Gasteiger partial charge in [-0.05, 0) is 50.4 Å². The molecule has 4 nitrogen and oxygen atoms in total. The normalized spacial score (nSPS) is 42.9. The Kier molecular flexibility index (Phi) is 2.73. The molecule has 4 aliphatic carbocycles. The minimum absolute atomic E-state index is 0.136. The number of aliphatic carboxylic acids is 1. The number of esters is 1. The molecule has 0 spiro atoms. The second kappa shape index (κ2) is 4.09. The average molecular weight is 263 g/mol. The van der Waals surface area contributed by atoms with Crippen LogP contribution in [0.1, 0.15) is 38.5 Å². The van der Waals surface area contributed by atoms with E-state index in [-0.39, 0.29) is 5.41 Å². The van der Waals surface area contributed by atoms with Crippen LogP contribution in [0.5, 0.6) is 0 Å². The number of hydrogen-bond donors (Lipinski definition) is 0. The van der Waals surface area contributed by atoms with Gasteiger partial charge in [-0.25, -0.2) is 4.79 Å². The van der Waals surface area contributed by atoms with Crippen molar-refractivity contribution in [1.29, 1.82) is 0 Å². The minimum Gasteiger partial charge on any atom is -0.550 e. The summed E-state index contributed by atoms with van der Waals surface area (Å²) in [7, 11) is 0. The minimum atomic E-state index is -0.902. The van der Waals surface area contributed by atoms with E-state index in [1.54, 1.807) is 0 Å². The number of ether oxygens (including phenoxy) is 1. The quantitative estimate of drug-likeness (QED) is 0.561. The van der Waals surface area contributed by atoms with Crippen LogP contribution in [0, 0.1) is 22.7 Å². The Morgan fingerprint density at radius 1 is 1.26 bits per heavy atom. The van der Waals surface area contributed by atoms with Crippen molar-refractivity contribution in [2.24, 2.45) is 22.7 Å². The van der Waals surface area contributed by atoms with Gasteiger partial charge in [-0.2, -0.15) is 0 Å². The van der Waals surface area contributed by atoms with Crippen LogP contribution in [-0.2, 0) is 14.3 Å². The number of carbonyl (C=O) groups excluding carboxylic acids is 2. The molecular weight excluding hydrogens is 244 g/mol. The molecule has 4 rings (SSSR count). The van der Waals surface area contributed by atoms with Crippen LogP contribution < -0.4 is 5.11 Å². The first-order valence-electron chi connectivity index (χ1n) is 6.98. The van der Waals surface area contributed by atoms with E-state index in [4.69, 9.17) is 4.74 Å². The van der Waals surface area contributed by atoms with Gasteiger partial charge < -0.3 is 14.6 Å². The van der Waals surface area contributed by atoms with E-state index in [1.807, 2.05) is 0 Å². The molecule has 0 aromatic carbocycles. The lowest BCUT2D eigenvalue weighted by atomic mass is 9.44. The molecule has 0 heterocycles. The summed E-state index contributed by atoms with van der Waals surface area (Å²) in [6, 6.07) is 0. The van der Waals surface area contributed by atoms with E-state index in [1.165, 1.54) is 0 Å². The summed E-state index contributed by atoms with van der Waals surface area (Å²) < 4.78 is 5.23. The summed E-state index contributed by atoms with van der Waals surface area (Å²) in [5.41, 5.74) is -0.798. The van der Waals surface area contributed by atoms with Crippen molar-refractivity contribution >= 4 is 11.9 Å². The number of carboxylic acid groups (broad SMARTS) is 1. The van der Waals surface area contributed by atoms with E-state index in [0.717, 1.165) is 38.2 Å². The highest BCUT2D eigenvalue weighted by atomic mass is 16.5. The third-order valence-electron chi connectivity index (χ3n) is 5.30. The third-order valence-corrected chi connectivity index (χ3v) is 5.30. The topological polar surface area (TPSA) is 66.4 Å². The van der Waals surface area contributed by atoms with Crippen molar-refractivity contribution < 1.29 is 19.4 Å². The molecule has 0 N–H and O–H groups in total. The van der Waals surface area contributed by atoms with Gasteiger partial charge in [0.05, 0.1) is 6.61 Å². The van der Waals surface area contributed by atoms with Crippen molar-refractivity contribution in [3.63, 3.8) is 0 Å². The standard InChI is InChI=1S/C15H20O4/c1-2-12(16)19-9-14-4-10-3-11(5-14)7-15(6-10,8-14)13(17)18/h2,10-11H,1,3-9H2,(H,17,18)/p-1. The Bertz CT molecular complexity index is 425. The van der Waals surface area contributed by atoms with E-state index >= 15 is 0 Å². The highest BCUT2D eigenvalue weighted by Crippen LogP contribution is 2.65. The van der Waals surface area contributed by atoms with Gasteiger partial charge >= 0.3 is 5.97 Å². The Hall–Kier alpha value is -1.32. The first-order valence-corrected chi connectivity index (χ1v) is 6.98. The van der Waals surface area contributed by atoms with Gasteiger partial charge in [-0.3, -0.25) is 0 Å². The first kappa shape index (κ1) is 12.7. The van der Waals surface area contributed by atoms with Crippen molar-refractivity contribution in [3.8, 4) is 0 Å². The lowest BCUT2D eigenvalue weighted by molar-refractivity contribution is -0.330. The van der Waals surface area contributed by atoms with Gasteiger partial charge in [0.25, 0.3) is 0 Å². The Morgan fingerprint density at radius 2 is 1.89 bits per heavy atom. The van der Waals surface area contributed by atoms with Crippen LogP contribution in [0.15, 0.2) is 12.7 Å². The molecule has 0 aliphatic heterocycles. The molecule has 19 heavy (non-hydrogen) atoms. The predicted octanol–water partition coefficient (Wildman–Crippen LogP) is 1.05. The van der Waals surface area contributed by atoms with Crippen LogP contribution >= 0.6 is 0 Å². The maximum absolute atomic E-state index is 11.6. The lowest BCUT2D eigenvalue weighted by Crippen LogP contribution is -2.59. The van der Waals surface area contributed by atoms with E-state index in [0.29, 0.717) is 24.9 Å². The molecule has 0 saturated heterocycles. The van der Waals surface area contributed by atoms with Gasteiger partial charge in [0, 0.05) is 22.9 Å². The summed E-state index contributed by atoms with van der Waals surface area (Å²) in [5.74, 6) is -0.401. The SMILES string of the molecule is C=CC(=O)OCC12CC3CC(C1)CC(C(=O)[O-])(C3)C2. The van der Waals surface area contributed by atoms with Crippen molar-refractivity contribution in [3.05, 3.63) is 12.7 Å². The zero-order valence-corrected chi connectivity index (χ0v) is 11.0. The fourth-order valence-corrected chi connectivity index (χ4v) is 5.14. The Labute approximate surface area is 112 Å². The highest BCUT2D eigenvalue weighted by molar-refractivity contribution is 5.81. The molecule has 0 aromatic heterocycles. The molecule has 2 unspecified atom stereocenters. The number of carbonyl (C=O) groups is 2. The van der Waals surface area contributed by atoms with Crippen LogP contribution in [0.2, 0.25) is 0 Å². The molecule has 104 valence electrons. The number of carboxylic acids is 1. The van der Waals surface area contributed by atoms with Crippen molar-refractivity contribution in [1.82, 2.24) is 0 Å². The maximum Gasteiger partial charge on any atom is 0.330 e. The second-order valence-corrected chi connectivity index (χ2v) is 6.84. The van der Waals surface area contributed by atoms with Gasteiger partial charge in [-0.15, -0.1) is 0 Å². The van der Waals surface area contributed by atoms with Gasteiger partial charge in [0.1, 0.15) is 0 Å². The van der Waals surface area contributed by atoms with Crippen LogP contribution in [-0.4, -0.2) is 18.5 Å². The highest BCUT2D eigenvalue weighted by Gasteiger charge is 2.58. The van der Waals surface area contributed by atoms with Gasteiger partial charge in [-0.1, -0.05) is 6.58 Å². The molecule has 4 aliphatic rings. The van der Waals surface area contributed by atoms with E-state index in [2.05, 4.69) is 6.58 Å². The van der Waals surface area contributed by atoms with Gasteiger partial charge in [0.15, 0.2) is 0 Å². The van der Waals surface area contributed by atoms with E-state index < -0.39 is 17.4 Å². The molecule has 4 heteroatoms. The fraction of sp³-hybridized carbons (Fsp3) is 0.733. The third kappa shape index (κ3) is 1.97. The summed E-state index contributed by atoms with van der Waals surface area (Å²) >= 11 is 0. The molecule has 0 radical (unpaired) electrons. The van der Waals surface area contributed by atoms with Crippen LogP contribution in [0.4, 0.5) is 0 Å². The predicted molar refractivity (Wildman–Crippen MR) is 65.7 cm³/mol. The molecular formula is C15H19O4-. The summed E-state index contributed by atoms with van der Waals surface area (Å²) in [5, 5.41) is 11.6. The van der Waals surface area contributed by atoms with Crippen molar-refractivity contribution in [2.75, 3.05) is 6.61 Å². The second-order valence-electron chi connectivity index (χ2n) is 6.84. The summed E-state index contributed by atoms with van der Waals surface area (Å²) in [6.45, 7) is 3.72. The van der Waals surface area contributed by atoms with Crippen LogP contribution in [0.25, 0.3) is 0 Å². The maximum atomic E-state index is 11.6. The first-order chi connectivity index (χ1) is 8.97. The fourth-order valence-electron chi connectivity index (χ4n) is 5.14. The average Bonchev–Trinajstić information content (AvgIpc) is 2.34. The summed E-state index contributed by atoms with van der Waals surface area (Å²) in [6.07, 6.45) is 6.39. The van der Waals surface area contributed by atoms with E-state index in [9.17, 15) is 14.7 Å². The molecule has 4 fully saturated rings. The lowest BCUT2D eigenvalue weighted by Gasteiger charge is -2.62. The number of rotatable bonds is 4. The Balaban J connectivity index is 1.81. The van der Waals surface area contributed by atoms with Gasteiger partial charge in [0.2, 0.25) is 0 Å². The van der Waals surface area contributed by atoms with Crippen LogP contribution in [0.3, 0.4) is 0 Å². The van der Waals surface area contributed by atoms with Crippen molar-refractivity contribution in [2.45, 2.75) is 38.5 Å². The zero-order valence-electron chi connectivity index (χ0n) is 11.0. The molecule has 2 atom stereocenters. The zero-order chi connectivity index (χ0) is 13.7. The molecule has 4 saturated carbocycles. The summed E-state index contributed by atoms with van der Waals surface area (Å²) in [4.78, 5) is 22.8. The number of hydrogen-bond acceptors (Lipinski definition) is 4. The monoisotopic (exact) mass is 263 g/mol. The largest absolute Gasteiger partial charge is 0.550 e. The smallest absolute Gasteiger partial charge is 0.330 e. The molecule has 0 aromatic rings. The molecule has 4 bridgehead atoms.